The average Bonchev–Trinajstić information content (AvgIpc) is 3.09. The van der Waals surface area contributed by atoms with E-state index in [0.29, 0.717) is 11.9 Å². The Bertz CT molecular complexity index is 408. The van der Waals surface area contributed by atoms with Gasteiger partial charge in [-0.1, -0.05) is 0 Å². The molecule has 1 aromatic heterocycles. The Labute approximate surface area is 123 Å². The lowest BCUT2D eigenvalue weighted by Gasteiger charge is -2.32. The highest BCUT2D eigenvalue weighted by molar-refractivity contribution is 7.09. The quantitative estimate of drug-likeness (QED) is 0.793. The van der Waals surface area contributed by atoms with Gasteiger partial charge < -0.3 is 4.74 Å². The number of likely N-dealkylation sites (tertiary alicyclic amines) is 1. The first kappa shape index (κ1) is 13.8. The van der Waals surface area contributed by atoms with Crippen LogP contribution in [0.1, 0.15) is 17.1 Å². The molecule has 2 saturated heterocycles. The van der Waals surface area contributed by atoms with E-state index in [1.165, 1.54) is 18.0 Å². The van der Waals surface area contributed by atoms with E-state index in [4.69, 9.17) is 16.3 Å². The molecule has 2 aliphatic heterocycles. The molecule has 0 N–H and O–H groups in total. The number of alkyl halides is 1. The molecular formula is C13H20ClN3OS. The fraction of sp³-hybridized carbons (Fsp3) is 0.769. The number of ether oxygens (including phenoxy) is 1. The lowest BCUT2D eigenvalue weighted by atomic mass is 10.2. The third kappa shape index (κ3) is 3.47. The van der Waals surface area contributed by atoms with Crippen molar-refractivity contribution in [1.82, 2.24) is 14.8 Å². The third-order valence-electron chi connectivity index (χ3n) is 3.90. The van der Waals surface area contributed by atoms with Crippen LogP contribution in [-0.2, 0) is 17.2 Å². The van der Waals surface area contributed by atoms with Crippen molar-refractivity contribution in [2.45, 2.75) is 24.9 Å². The number of nitrogens with zero attached hydrogens (tertiary/aromatic N) is 3. The molecule has 4 nitrogen and oxygen atoms in total. The van der Waals surface area contributed by atoms with Gasteiger partial charge in [0, 0.05) is 37.6 Å². The van der Waals surface area contributed by atoms with Crippen LogP contribution < -0.4 is 0 Å². The van der Waals surface area contributed by atoms with Crippen LogP contribution in [0.2, 0.25) is 0 Å². The van der Waals surface area contributed by atoms with Crippen LogP contribution >= 0.6 is 22.9 Å². The van der Waals surface area contributed by atoms with E-state index >= 15 is 0 Å². The maximum absolute atomic E-state index is 5.79. The van der Waals surface area contributed by atoms with Crippen LogP contribution in [0.15, 0.2) is 5.38 Å². The van der Waals surface area contributed by atoms with Crippen LogP contribution in [0, 0.1) is 0 Å². The van der Waals surface area contributed by atoms with Gasteiger partial charge >= 0.3 is 0 Å². The van der Waals surface area contributed by atoms with E-state index in [-0.39, 0.29) is 0 Å². The topological polar surface area (TPSA) is 28.6 Å². The Morgan fingerprint density at radius 1 is 1.37 bits per heavy atom. The zero-order valence-electron chi connectivity index (χ0n) is 11.1. The Morgan fingerprint density at radius 2 is 2.21 bits per heavy atom. The fourth-order valence-electron chi connectivity index (χ4n) is 2.87. The van der Waals surface area contributed by atoms with Gasteiger partial charge in [-0.2, -0.15) is 0 Å². The molecule has 19 heavy (non-hydrogen) atoms. The molecule has 1 aromatic rings. The smallest absolute Gasteiger partial charge is 0.107 e. The number of halogens is 1. The maximum atomic E-state index is 5.79. The van der Waals surface area contributed by atoms with Crippen molar-refractivity contribution >= 4 is 22.9 Å². The highest BCUT2D eigenvalue weighted by Gasteiger charge is 2.28. The van der Waals surface area contributed by atoms with E-state index in [1.54, 1.807) is 11.3 Å². The number of hydrogen-bond donors (Lipinski definition) is 0. The van der Waals surface area contributed by atoms with Gasteiger partial charge in [0.05, 0.1) is 31.3 Å². The van der Waals surface area contributed by atoms with E-state index in [9.17, 15) is 0 Å². The maximum Gasteiger partial charge on any atom is 0.107 e. The monoisotopic (exact) mass is 301 g/mol. The molecule has 2 aliphatic rings. The molecule has 0 aliphatic carbocycles. The molecule has 0 bridgehead atoms. The molecule has 0 saturated carbocycles. The summed E-state index contributed by atoms with van der Waals surface area (Å²) >= 11 is 7.52. The van der Waals surface area contributed by atoms with Gasteiger partial charge in [-0.3, -0.25) is 9.80 Å². The second kappa shape index (κ2) is 6.50. The first-order valence-corrected chi connectivity index (χ1v) is 8.30. The molecule has 3 heterocycles. The molecule has 1 atom stereocenters. The third-order valence-corrected chi connectivity index (χ3v) is 5.06. The number of morpholine rings is 1. The molecule has 0 spiro atoms. The van der Waals surface area contributed by atoms with Crippen molar-refractivity contribution in [3.8, 4) is 0 Å². The van der Waals surface area contributed by atoms with E-state index in [2.05, 4.69) is 20.2 Å². The van der Waals surface area contributed by atoms with Crippen LogP contribution in [-0.4, -0.2) is 60.2 Å². The van der Waals surface area contributed by atoms with E-state index in [0.717, 1.165) is 45.1 Å². The van der Waals surface area contributed by atoms with Crippen molar-refractivity contribution in [3.05, 3.63) is 16.1 Å². The summed E-state index contributed by atoms with van der Waals surface area (Å²) in [7, 11) is 0. The number of thiazole rings is 1. The molecule has 1 unspecified atom stereocenters. The Balaban J connectivity index is 1.51. The van der Waals surface area contributed by atoms with Crippen molar-refractivity contribution < 1.29 is 4.74 Å². The van der Waals surface area contributed by atoms with Gasteiger partial charge in [-0.15, -0.1) is 22.9 Å². The number of aromatic nitrogens is 1. The first-order chi connectivity index (χ1) is 9.35. The van der Waals surface area contributed by atoms with Crippen molar-refractivity contribution in [2.24, 2.45) is 0 Å². The predicted molar refractivity (Wildman–Crippen MR) is 77.7 cm³/mol. The summed E-state index contributed by atoms with van der Waals surface area (Å²) in [6.07, 6.45) is 1.27. The summed E-state index contributed by atoms with van der Waals surface area (Å²) in [4.78, 5) is 9.63. The molecular weight excluding hydrogens is 282 g/mol. The summed E-state index contributed by atoms with van der Waals surface area (Å²) in [5.41, 5.74) is 1.01. The predicted octanol–water partition coefficient (Wildman–Crippen LogP) is 1.79. The minimum atomic E-state index is 0.521. The van der Waals surface area contributed by atoms with Gasteiger partial charge in [0.25, 0.3) is 0 Å². The highest BCUT2D eigenvalue weighted by atomic mass is 35.5. The van der Waals surface area contributed by atoms with E-state index < -0.39 is 0 Å². The molecule has 2 fully saturated rings. The molecule has 3 rings (SSSR count). The Morgan fingerprint density at radius 3 is 2.95 bits per heavy atom. The fourth-order valence-corrected chi connectivity index (χ4v) is 3.93. The number of hydrogen-bond acceptors (Lipinski definition) is 5. The molecule has 0 radical (unpaired) electrons. The number of rotatable bonds is 4. The zero-order chi connectivity index (χ0) is 13.1. The summed E-state index contributed by atoms with van der Waals surface area (Å²) < 4.78 is 5.42. The minimum absolute atomic E-state index is 0.521. The van der Waals surface area contributed by atoms with Gasteiger partial charge in [-0.05, 0) is 6.42 Å². The first-order valence-electron chi connectivity index (χ1n) is 6.88. The second-order valence-corrected chi connectivity index (χ2v) is 6.40. The van der Waals surface area contributed by atoms with E-state index in [1.807, 2.05) is 0 Å². The van der Waals surface area contributed by atoms with Crippen LogP contribution in [0.5, 0.6) is 0 Å². The standard InChI is InChI=1S/C13H20ClN3OS/c14-7-11-10-19-13(15-11)9-16-2-1-12(8-16)17-3-5-18-6-4-17/h10,12H,1-9H2. The van der Waals surface area contributed by atoms with Crippen LogP contribution in [0.4, 0.5) is 0 Å². The van der Waals surface area contributed by atoms with Crippen LogP contribution in [0.3, 0.4) is 0 Å². The van der Waals surface area contributed by atoms with Crippen molar-refractivity contribution in [2.75, 3.05) is 39.4 Å². The minimum Gasteiger partial charge on any atom is -0.379 e. The van der Waals surface area contributed by atoms with Gasteiger partial charge in [0.1, 0.15) is 5.01 Å². The van der Waals surface area contributed by atoms with Crippen molar-refractivity contribution in [3.63, 3.8) is 0 Å². The van der Waals surface area contributed by atoms with Gasteiger partial charge in [0.2, 0.25) is 0 Å². The summed E-state index contributed by atoms with van der Waals surface area (Å²) in [5, 5.41) is 3.26. The highest BCUT2D eigenvalue weighted by Crippen LogP contribution is 2.20. The SMILES string of the molecule is ClCc1csc(CN2CCC(N3CCOCC3)C2)n1. The van der Waals surface area contributed by atoms with Gasteiger partial charge in [0.15, 0.2) is 0 Å². The Kier molecular flexibility index (Phi) is 4.71. The second-order valence-electron chi connectivity index (χ2n) is 5.19. The molecule has 6 heteroatoms. The molecule has 0 amide bonds. The van der Waals surface area contributed by atoms with Gasteiger partial charge in [-0.25, -0.2) is 4.98 Å². The largest absolute Gasteiger partial charge is 0.379 e. The van der Waals surface area contributed by atoms with Crippen LogP contribution in [0.25, 0.3) is 0 Å². The van der Waals surface area contributed by atoms with Crippen molar-refractivity contribution in [1.29, 1.82) is 0 Å². The average molecular weight is 302 g/mol. The summed E-state index contributed by atoms with van der Waals surface area (Å²) in [5.74, 6) is 0.521. The zero-order valence-corrected chi connectivity index (χ0v) is 12.6. The normalized spacial score (nSPS) is 26.1. The summed E-state index contributed by atoms with van der Waals surface area (Å²) in [6.45, 7) is 7.28. The Hall–Kier alpha value is -0.200. The summed E-state index contributed by atoms with van der Waals surface area (Å²) in [6, 6.07) is 0.705. The molecule has 106 valence electrons. The molecule has 0 aromatic carbocycles. The lowest BCUT2D eigenvalue weighted by Crippen LogP contribution is -2.44. The lowest BCUT2D eigenvalue weighted by molar-refractivity contribution is 0.0184.